The van der Waals surface area contributed by atoms with Crippen LogP contribution in [0.15, 0.2) is 30.3 Å². The first-order valence-electron chi connectivity index (χ1n) is 4.71. The molecule has 3 N–H and O–H groups in total. The summed E-state index contributed by atoms with van der Waals surface area (Å²) in [6.45, 7) is 0. The van der Waals surface area contributed by atoms with E-state index in [-0.39, 0.29) is 0 Å². The molecule has 5 heteroatoms. The predicted molar refractivity (Wildman–Crippen MR) is 65.7 cm³/mol. The number of hydrogen-bond acceptors (Lipinski definition) is 3. The zero-order valence-electron chi connectivity index (χ0n) is 9.42. The second-order valence-corrected chi connectivity index (χ2v) is 4.86. The highest BCUT2D eigenvalue weighted by molar-refractivity contribution is 7.83. The molecule has 4 nitrogen and oxygen atoms in total. The predicted octanol–water partition coefficient (Wildman–Crippen LogP) is 0.636. The quantitative estimate of drug-likeness (QED) is 0.816. The number of nitrogens with two attached hydrogens (primary N) is 1. The fourth-order valence-corrected chi connectivity index (χ4v) is 0.955. The number of benzene rings is 1. The molecule has 90 valence electrons. The Hall–Kier alpha value is -1.20. The molecule has 0 spiro atoms. The van der Waals surface area contributed by atoms with Crippen molar-refractivity contribution in [3.63, 3.8) is 0 Å². The van der Waals surface area contributed by atoms with E-state index in [1.54, 1.807) is 12.5 Å². The largest absolute Gasteiger partial charge is 0.480 e. The van der Waals surface area contributed by atoms with Crippen molar-refractivity contribution in [1.82, 2.24) is 0 Å². The molecular weight excluding hydrogens is 226 g/mol. The van der Waals surface area contributed by atoms with E-state index in [9.17, 15) is 9.00 Å². The summed E-state index contributed by atoms with van der Waals surface area (Å²) < 4.78 is 9.56. The van der Waals surface area contributed by atoms with E-state index in [0.29, 0.717) is 6.42 Å². The lowest BCUT2D eigenvalue weighted by Gasteiger charge is -2.04. The van der Waals surface area contributed by atoms with Crippen molar-refractivity contribution < 1.29 is 14.1 Å². The van der Waals surface area contributed by atoms with Crippen LogP contribution in [0.2, 0.25) is 0 Å². The fourth-order valence-electron chi connectivity index (χ4n) is 0.955. The van der Waals surface area contributed by atoms with Gasteiger partial charge in [0, 0.05) is 23.3 Å². The zero-order valence-corrected chi connectivity index (χ0v) is 10.2. The fraction of sp³-hybridized carbons (Fsp3) is 0.364. The van der Waals surface area contributed by atoms with Crippen LogP contribution in [0.4, 0.5) is 0 Å². The van der Waals surface area contributed by atoms with Gasteiger partial charge in [-0.3, -0.25) is 9.00 Å². The average Bonchev–Trinajstić information content (AvgIpc) is 2.18. The monoisotopic (exact) mass is 243 g/mol. The van der Waals surface area contributed by atoms with Gasteiger partial charge >= 0.3 is 5.97 Å². The van der Waals surface area contributed by atoms with Crippen molar-refractivity contribution in [2.45, 2.75) is 12.5 Å². The highest BCUT2D eigenvalue weighted by atomic mass is 32.2. The zero-order chi connectivity index (χ0) is 12.6. The van der Waals surface area contributed by atoms with Crippen LogP contribution in [0.25, 0.3) is 0 Å². The molecule has 0 radical (unpaired) electrons. The lowest BCUT2D eigenvalue weighted by molar-refractivity contribution is -0.138. The summed E-state index contributed by atoms with van der Waals surface area (Å²) in [6, 6.07) is 8.54. The van der Waals surface area contributed by atoms with Crippen molar-refractivity contribution >= 4 is 16.8 Å². The third kappa shape index (κ3) is 8.14. The summed E-state index contributed by atoms with van der Waals surface area (Å²) in [4.78, 5) is 10.4. The molecule has 0 heterocycles. The first kappa shape index (κ1) is 14.8. The minimum absolute atomic E-state index is 0.385. The minimum atomic E-state index is -0.959. The number of carboxylic acids is 1. The second-order valence-electron chi connectivity index (χ2n) is 3.38. The summed E-state index contributed by atoms with van der Waals surface area (Å²) in [6.07, 6.45) is 3.66. The lowest BCUT2D eigenvalue weighted by Crippen LogP contribution is -2.32. The van der Waals surface area contributed by atoms with Crippen molar-refractivity contribution in [3.8, 4) is 0 Å². The standard InChI is InChI=1S/C9H11NO2.C2H6OS/c10-8(9(11)12)6-7-4-2-1-3-5-7;1-4(2)3/h1-5,8H,6,10H2,(H,11,12);1-2H3/t8-;/m0./s1. The number of carbonyl (C=O) groups is 1. The van der Waals surface area contributed by atoms with Crippen LogP contribution in [-0.4, -0.2) is 33.8 Å². The Morgan fingerprint density at radius 3 is 2.19 bits per heavy atom. The molecule has 1 aromatic carbocycles. The van der Waals surface area contributed by atoms with Gasteiger partial charge in [0.2, 0.25) is 0 Å². The SMILES string of the molecule is CS(C)=O.N[C@@H](Cc1ccccc1)C(=O)O. The van der Waals surface area contributed by atoms with Crippen LogP contribution >= 0.6 is 0 Å². The highest BCUT2D eigenvalue weighted by Gasteiger charge is 2.10. The summed E-state index contributed by atoms with van der Waals surface area (Å²) in [5.41, 5.74) is 6.30. The first-order valence-corrected chi connectivity index (χ1v) is 6.67. The number of hydrogen-bond donors (Lipinski definition) is 2. The van der Waals surface area contributed by atoms with E-state index in [4.69, 9.17) is 10.8 Å². The Morgan fingerprint density at radius 1 is 1.38 bits per heavy atom. The van der Waals surface area contributed by atoms with Gasteiger partial charge in [0.25, 0.3) is 0 Å². The van der Waals surface area contributed by atoms with E-state index in [1.807, 2.05) is 30.3 Å². The van der Waals surface area contributed by atoms with Crippen LogP contribution in [-0.2, 0) is 22.0 Å². The van der Waals surface area contributed by atoms with Gasteiger partial charge in [-0.2, -0.15) is 0 Å². The molecule has 0 bridgehead atoms. The van der Waals surface area contributed by atoms with Crippen LogP contribution < -0.4 is 5.73 Å². The normalized spacial score (nSPS) is 11.5. The maximum atomic E-state index is 10.4. The molecule has 1 atom stereocenters. The Balaban J connectivity index is 0.000000487. The third-order valence-electron chi connectivity index (χ3n) is 1.62. The molecule has 0 saturated carbocycles. The molecule has 0 amide bonds. The van der Waals surface area contributed by atoms with Crippen molar-refractivity contribution in [2.24, 2.45) is 5.73 Å². The number of aliphatic carboxylic acids is 1. The first-order chi connectivity index (χ1) is 7.43. The van der Waals surface area contributed by atoms with Crippen molar-refractivity contribution in [3.05, 3.63) is 35.9 Å². The molecule has 0 aliphatic carbocycles. The minimum Gasteiger partial charge on any atom is -0.480 e. The molecule has 1 aromatic rings. The van der Waals surface area contributed by atoms with Gasteiger partial charge in [-0.1, -0.05) is 30.3 Å². The molecule has 0 aromatic heterocycles. The van der Waals surface area contributed by atoms with Gasteiger partial charge in [-0.05, 0) is 12.0 Å². The summed E-state index contributed by atoms with van der Waals surface area (Å²) >= 11 is 0. The van der Waals surface area contributed by atoms with E-state index in [2.05, 4.69) is 0 Å². The second kappa shape index (κ2) is 8.01. The molecular formula is C11H17NO3S. The van der Waals surface area contributed by atoms with E-state index in [0.717, 1.165) is 5.56 Å². The van der Waals surface area contributed by atoms with Crippen molar-refractivity contribution in [1.29, 1.82) is 0 Å². The maximum absolute atomic E-state index is 10.4. The lowest BCUT2D eigenvalue weighted by atomic mass is 10.1. The molecule has 0 fully saturated rings. The molecule has 0 unspecified atom stereocenters. The van der Waals surface area contributed by atoms with Gasteiger partial charge in [0.05, 0.1) is 0 Å². The summed E-state index contributed by atoms with van der Waals surface area (Å²) in [5, 5.41) is 8.52. The van der Waals surface area contributed by atoms with E-state index in [1.165, 1.54) is 0 Å². The van der Waals surface area contributed by atoms with Gasteiger partial charge in [-0.25, -0.2) is 0 Å². The van der Waals surface area contributed by atoms with E-state index < -0.39 is 22.8 Å². The number of rotatable bonds is 3. The van der Waals surface area contributed by atoms with Gasteiger partial charge in [-0.15, -0.1) is 0 Å². The summed E-state index contributed by atoms with van der Waals surface area (Å²) in [5.74, 6) is -0.959. The smallest absolute Gasteiger partial charge is 0.320 e. The van der Waals surface area contributed by atoms with Crippen LogP contribution in [0, 0.1) is 0 Å². The van der Waals surface area contributed by atoms with Crippen molar-refractivity contribution in [2.75, 3.05) is 12.5 Å². The number of carboxylic acid groups (broad SMARTS) is 1. The molecule has 0 aliphatic heterocycles. The maximum Gasteiger partial charge on any atom is 0.320 e. The Bertz CT molecular complexity index is 336. The van der Waals surface area contributed by atoms with Gasteiger partial charge < -0.3 is 10.8 Å². The van der Waals surface area contributed by atoms with Gasteiger partial charge in [0.1, 0.15) is 6.04 Å². The summed E-state index contributed by atoms with van der Waals surface area (Å²) in [7, 11) is -0.611. The highest BCUT2D eigenvalue weighted by Crippen LogP contribution is 2.01. The Kier molecular flexibility index (Phi) is 7.41. The topological polar surface area (TPSA) is 80.4 Å². The van der Waals surface area contributed by atoms with Crippen LogP contribution in [0.3, 0.4) is 0 Å². The van der Waals surface area contributed by atoms with E-state index >= 15 is 0 Å². The average molecular weight is 243 g/mol. The molecule has 0 aliphatic rings. The Labute approximate surface area is 97.9 Å². The molecule has 16 heavy (non-hydrogen) atoms. The molecule has 0 saturated heterocycles. The van der Waals surface area contributed by atoms with Gasteiger partial charge in [0.15, 0.2) is 0 Å². The Morgan fingerprint density at radius 2 is 1.81 bits per heavy atom. The third-order valence-corrected chi connectivity index (χ3v) is 1.62. The van der Waals surface area contributed by atoms with Crippen LogP contribution in [0.1, 0.15) is 5.56 Å². The molecule has 1 rings (SSSR count). The van der Waals surface area contributed by atoms with Crippen LogP contribution in [0.5, 0.6) is 0 Å².